The summed E-state index contributed by atoms with van der Waals surface area (Å²) >= 11 is 3.43. The van der Waals surface area contributed by atoms with Gasteiger partial charge < -0.3 is 4.90 Å². The second-order valence-corrected chi connectivity index (χ2v) is 5.32. The Bertz CT molecular complexity index is 477. The Morgan fingerprint density at radius 3 is 2.67 bits per heavy atom. The van der Waals surface area contributed by atoms with Crippen LogP contribution in [0.5, 0.6) is 0 Å². The number of halogens is 1. The lowest BCUT2D eigenvalue weighted by Crippen LogP contribution is -2.37. The molecule has 0 radical (unpaired) electrons. The van der Waals surface area contributed by atoms with E-state index in [0.717, 1.165) is 10.0 Å². The van der Waals surface area contributed by atoms with E-state index in [1.165, 1.54) is 0 Å². The Labute approximate surface area is 117 Å². The number of nitrogens with zero attached hydrogens (tertiary/aromatic N) is 2. The summed E-state index contributed by atoms with van der Waals surface area (Å²) in [5.74, 6) is -0.0269. The van der Waals surface area contributed by atoms with Crippen LogP contribution in [-0.2, 0) is 0 Å². The maximum atomic E-state index is 12.4. The molecule has 96 valence electrons. The van der Waals surface area contributed by atoms with Crippen molar-refractivity contribution in [3.63, 3.8) is 0 Å². The number of carbonyl (C=O) groups excluding carboxylic acids is 1. The molecule has 0 N–H and O–H groups in total. The van der Waals surface area contributed by atoms with Crippen LogP contribution in [0.15, 0.2) is 22.7 Å². The van der Waals surface area contributed by atoms with E-state index >= 15 is 0 Å². The molecule has 0 atom stereocenters. The number of amides is 1. The van der Waals surface area contributed by atoms with Gasteiger partial charge in [0.15, 0.2) is 0 Å². The van der Waals surface area contributed by atoms with Crippen LogP contribution in [0.1, 0.15) is 36.2 Å². The summed E-state index contributed by atoms with van der Waals surface area (Å²) < 4.78 is 0.928. The van der Waals surface area contributed by atoms with Gasteiger partial charge in [-0.3, -0.25) is 4.79 Å². The molecule has 0 bridgehead atoms. The number of rotatable bonds is 4. The summed E-state index contributed by atoms with van der Waals surface area (Å²) in [5, 5.41) is 8.63. The molecule has 0 heterocycles. The number of carbonyl (C=O) groups is 1. The zero-order valence-corrected chi connectivity index (χ0v) is 12.5. The molecular weight excluding hydrogens is 292 g/mol. The third-order valence-corrected chi connectivity index (χ3v) is 3.62. The Hall–Kier alpha value is -1.34. The molecule has 0 saturated carbocycles. The molecule has 0 aliphatic heterocycles. The van der Waals surface area contributed by atoms with Crippen molar-refractivity contribution in [1.29, 1.82) is 5.26 Å². The molecule has 0 saturated heterocycles. The van der Waals surface area contributed by atoms with E-state index in [1.54, 1.807) is 4.90 Å². The Kier molecular flexibility index (Phi) is 5.36. The van der Waals surface area contributed by atoms with Gasteiger partial charge in [-0.2, -0.15) is 5.26 Å². The molecule has 4 heteroatoms. The van der Waals surface area contributed by atoms with Gasteiger partial charge in [0.05, 0.1) is 12.5 Å². The van der Waals surface area contributed by atoms with E-state index in [1.807, 2.05) is 39.0 Å². The highest BCUT2D eigenvalue weighted by atomic mass is 79.9. The SMILES string of the molecule is Cc1ccc(C(=O)N(CCC#N)C(C)C)cc1Br. The van der Waals surface area contributed by atoms with Crippen molar-refractivity contribution in [2.24, 2.45) is 0 Å². The molecule has 1 rings (SSSR count). The normalized spacial score (nSPS) is 10.2. The van der Waals surface area contributed by atoms with Crippen LogP contribution in [0, 0.1) is 18.3 Å². The van der Waals surface area contributed by atoms with Crippen molar-refractivity contribution in [3.8, 4) is 6.07 Å². The average molecular weight is 309 g/mol. The zero-order chi connectivity index (χ0) is 13.7. The second kappa shape index (κ2) is 6.55. The Morgan fingerprint density at radius 1 is 1.50 bits per heavy atom. The fraction of sp³-hybridized carbons (Fsp3) is 0.429. The molecule has 1 amide bonds. The van der Waals surface area contributed by atoms with Crippen LogP contribution in [0.2, 0.25) is 0 Å². The summed E-state index contributed by atoms with van der Waals surface area (Å²) in [5.41, 5.74) is 1.75. The minimum absolute atomic E-state index is 0.0269. The van der Waals surface area contributed by atoms with Crippen LogP contribution < -0.4 is 0 Å². The molecule has 0 aromatic heterocycles. The first-order chi connectivity index (χ1) is 8.47. The van der Waals surface area contributed by atoms with Crippen molar-refractivity contribution < 1.29 is 4.79 Å². The molecule has 18 heavy (non-hydrogen) atoms. The average Bonchev–Trinajstić information content (AvgIpc) is 2.32. The summed E-state index contributed by atoms with van der Waals surface area (Å²) in [6, 6.07) is 7.74. The molecule has 0 aliphatic rings. The highest BCUT2D eigenvalue weighted by Gasteiger charge is 2.18. The summed E-state index contributed by atoms with van der Waals surface area (Å²) in [4.78, 5) is 14.1. The third kappa shape index (κ3) is 3.58. The Morgan fingerprint density at radius 2 is 2.17 bits per heavy atom. The maximum Gasteiger partial charge on any atom is 0.254 e. The zero-order valence-electron chi connectivity index (χ0n) is 10.9. The first-order valence-corrected chi connectivity index (χ1v) is 6.70. The highest BCUT2D eigenvalue weighted by Crippen LogP contribution is 2.19. The smallest absolute Gasteiger partial charge is 0.254 e. The van der Waals surface area contributed by atoms with Gasteiger partial charge in [-0.1, -0.05) is 22.0 Å². The van der Waals surface area contributed by atoms with Crippen LogP contribution >= 0.6 is 15.9 Å². The molecule has 0 unspecified atom stereocenters. The van der Waals surface area contributed by atoms with Crippen LogP contribution in [0.4, 0.5) is 0 Å². The van der Waals surface area contributed by atoms with Gasteiger partial charge >= 0.3 is 0 Å². The van der Waals surface area contributed by atoms with E-state index in [2.05, 4.69) is 22.0 Å². The first-order valence-electron chi connectivity index (χ1n) is 5.91. The molecule has 3 nitrogen and oxygen atoms in total. The fourth-order valence-electron chi connectivity index (χ4n) is 1.66. The van der Waals surface area contributed by atoms with E-state index < -0.39 is 0 Å². The summed E-state index contributed by atoms with van der Waals surface area (Å²) in [6.07, 6.45) is 0.358. The molecule has 0 fully saturated rings. The van der Waals surface area contributed by atoms with Crippen molar-refractivity contribution in [2.75, 3.05) is 6.54 Å². The van der Waals surface area contributed by atoms with Crippen molar-refractivity contribution in [3.05, 3.63) is 33.8 Å². The number of aryl methyl sites for hydroxylation is 1. The molecule has 0 spiro atoms. The highest BCUT2D eigenvalue weighted by molar-refractivity contribution is 9.10. The van der Waals surface area contributed by atoms with Gasteiger partial charge in [-0.25, -0.2) is 0 Å². The van der Waals surface area contributed by atoms with Crippen LogP contribution in [0.25, 0.3) is 0 Å². The van der Waals surface area contributed by atoms with Gasteiger partial charge in [-0.15, -0.1) is 0 Å². The monoisotopic (exact) mass is 308 g/mol. The number of hydrogen-bond acceptors (Lipinski definition) is 2. The van der Waals surface area contributed by atoms with E-state index in [4.69, 9.17) is 5.26 Å². The standard InChI is InChI=1S/C14H17BrN2O/c1-10(2)17(8-4-7-16)14(18)12-6-5-11(3)13(15)9-12/h5-6,9-10H,4,8H2,1-3H3. The van der Waals surface area contributed by atoms with Gasteiger partial charge in [0, 0.05) is 22.6 Å². The van der Waals surface area contributed by atoms with E-state index in [9.17, 15) is 4.79 Å². The van der Waals surface area contributed by atoms with Crippen molar-refractivity contribution >= 4 is 21.8 Å². The lowest BCUT2D eigenvalue weighted by Gasteiger charge is -2.26. The van der Waals surface area contributed by atoms with Gasteiger partial charge in [-0.05, 0) is 38.5 Å². The predicted molar refractivity (Wildman–Crippen MR) is 75.3 cm³/mol. The maximum absolute atomic E-state index is 12.4. The third-order valence-electron chi connectivity index (χ3n) is 2.77. The number of benzene rings is 1. The number of nitriles is 1. The largest absolute Gasteiger partial charge is 0.335 e. The minimum Gasteiger partial charge on any atom is -0.335 e. The van der Waals surface area contributed by atoms with Gasteiger partial charge in [0.1, 0.15) is 0 Å². The molecular formula is C14H17BrN2O. The van der Waals surface area contributed by atoms with E-state index in [-0.39, 0.29) is 11.9 Å². The van der Waals surface area contributed by atoms with Crippen LogP contribution in [-0.4, -0.2) is 23.4 Å². The molecule has 1 aromatic rings. The van der Waals surface area contributed by atoms with Crippen molar-refractivity contribution in [2.45, 2.75) is 33.2 Å². The lowest BCUT2D eigenvalue weighted by atomic mass is 10.1. The van der Waals surface area contributed by atoms with Gasteiger partial charge in [0.2, 0.25) is 0 Å². The Balaban J connectivity index is 2.95. The van der Waals surface area contributed by atoms with Gasteiger partial charge in [0.25, 0.3) is 5.91 Å². The lowest BCUT2D eigenvalue weighted by molar-refractivity contribution is 0.0710. The van der Waals surface area contributed by atoms with Crippen LogP contribution in [0.3, 0.4) is 0 Å². The minimum atomic E-state index is -0.0269. The quantitative estimate of drug-likeness (QED) is 0.854. The molecule has 0 aliphatic carbocycles. The van der Waals surface area contributed by atoms with Crippen molar-refractivity contribution in [1.82, 2.24) is 4.90 Å². The summed E-state index contributed by atoms with van der Waals surface area (Å²) in [7, 11) is 0. The fourth-order valence-corrected chi connectivity index (χ4v) is 2.04. The predicted octanol–water partition coefficient (Wildman–Crippen LogP) is 3.52. The first kappa shape index (κ1) is 14.7. The second-order valence-electron chi connectivity index (χ2n) is 4.46. The topological polar surface area (TPSA) is 44.1 Å². The number of hydrogen-bond donors (Lipinski definition) is 0. The molecule has 1 aromatic carbocycles. The summed E-state index contributed by atoms with van der Waals surface area (Å²) in [6.45, 7) is 6.36. The van der Waals surface area contributed by atoms with E-state index in [0.29, 0.717) is 18.5 Å².